The second kappa shape index (κ2) is 6.53. The third-order valence-corrected chi connectivity index (χ3v) is 3.99. The highest BCUT2D eigenvalue weighted by molar-refractivity contribution is 7.12. The Morgan fingerprint density at radius 2 is 2.00 bits per heavy atom. The van der Waals surface area contributed by atoms with Gasteiger partial charge in [0.05, 0.1) is 17.3 Å². The average Bonchev–Trinajstić information content (AvgIpc) is 2.84. The second-order valence-electron chi connectivity index (χ2n) is 5.00. The van der Waals surface area contributed by atoms with E-state index in [0.29, 0.717) is 6.61 Å². The number of aromatic nitrogens is 1. The molecule has 104 valence electrons. The Morgan fingerprint density at radius 1 is 1.30 bits per heavy atom. The van der Waals surface area contributed by atoms with Crippen LogP contribution < -0.4 is 4.74 Å². The molecular weight excluding hydrogens is 268 g/mol. The van der Waals surface area contributed by atoms with Gasteiger partial charge in [0, 0.05) is 6.42 Å². The van der Waals surface area contributed by atoms with Gasteiger partial charge in [0.25, 0.3) is 0 Å². The summed E-state index contributed by atoms with van der Waals surface area (Å²) >= 11 is 1.47. The van der Waals surface area contributed by atoms with Crippen molar-refractivity contribution in [2.24, 2.45) is 0 Å². The minimum atomic E-state index is 0.285. The van der Waals surface area contributed by atoms with E-state index >= 15 is 0 Å². The smallest absolute Gasteiger partial charge is 0.128 e. The topological polar surface area (TPSA) is 45.9 Å². The largest absolute Gasteiger partial charge is 0.493 e. The van der Waals surface area contributed by atoms with Gasteiger partial charge in [-0.2, -0.15) is 5.26 Å². The number of nitrogens with zero attached hydrogens (tertiary/aromatic N) is 2. The lowest BCUT2D eigenvalue weighted by Crippen LogP contribution is -2.01. The van der Waals surface area contributed by atoms with Gasteiger partial charge in [-0.15, -0.1) is 11.3 Å². The average molecular weight is 286 g/mol. The lowest BCUT2D eigenvalue weighted by Gasteiger charge is -2.04. The highest BCUT2D eigenvalue weighted by Crippen LogP contribution is 2.24. The van der Waals surface area contributed by atoms with E-state index in [2.05, 4.69) is 31.8 Å². The first kappa shape index (κ1) is 14.5. The Balaban J connectivity index is 1.94. The highest BCUT2D eigenvalue weighted by Gasteiger charge is 2.13. The molecule has 0 atom stereocenters. The quantitative estimate of drug-likeness (QED) is 0.832. The van der Waals surface area contributed by atoms with E-state index in [-0.39, 0.29) is 5.92 Å². The van der Waals surface area contributed by atoms with Crippen LogP contribution in [0.3, 0.4) is 0 Å². The molecule has 0 amide bonds. The predicted molar refractivity (Wildman–Crippen MR) is 81.3 cm³/mol. The molecule has 0 saturated carbocycles. The van der Waals surface area contributed by atoms with Crippen LogP contribution in [0.5, 0.6) is 5.75 Å². The van der Waals surface area contributed by atoms with Crippen LogP contribution >= 0.6 is 11.3 Å². The summed E-state index contributed by atoms with van der Waals surface area (Å²) in [5.41, 5.74) is 2.13. The maximum Gasteiger partial charge on any atom is 0.128 e. The zero-order chi connectivity index (χ0) is 14.5. The molecule has 20 heavy (non-hydrogen) atoms. The number of hydrogen-bond acceptors (Lipinski definition) is 4. The van der Waals surface area contributed by atoms with Crippen molar-refractivity contribution in [2.45, 2.75) is 33.1 Å². The lowest BCUT2D eigenvalue weighted by molar-refractivity contribution is 0.321. The Labute approximate surface area is 123 Å². The summed E-state index contributed by atoms with van der Waals surface area (Å²) in [7, 11) is 0. The fourth-order valence-corrected chi connectivity index (χ4v) is 2.84. The molecular formula is C16H18N2OS. The van der Waals surface area contributed by atoms with Crippen molar-refractivity contribution in [3.05, 3.63) is 45.4 Å². The standard InChI is InChI=1S/C16H18N2OS/c1-11(2)16-14(10-17)20-15(18-16)8-9-19-13-6-4-12(3)5-7-13/h4-7,11H,8-9H2,1-3H3. The van der Waals surface area contributed by atoms with Crippen LogP contribution in [-0.2, 0) is 6.42 Å². The van der Waals surface area contributed by atoms with Crippen molar-refractivity contribution in [3.8, 4) is 11.8 Å². The molecule has 2 aromatic rings. The van der Waals surface area contributed by atoms with E-state index < -0.39 is 0 Å². The molecule has 0 N–H and O–H groups in total. The molecule has 0 radical (unpaired) electrons. The molecule has 0 aliphatic rings. The van der Waals surface area contributed by atoms with Crippen LogP contribution in [-0.4, -0.2) is 11.6 Å². The Hall–Kier alpha value is -1.86. The van der Waals surface area contributed by atoms with E-state index in [9.17, 15) is 0 Å². The van der Waals surface area contributed by atoms with E-state index in [1.54, 1.807) is 0 Å². The highest BCUT2D eigenvalue weighted by atomic mass is 32.1. The summed E-state index contributed by atoms with van der Waals surface area (Å²) in [5.74, 6) is 1.16. The molecule has 1 heterocycles. The molecule has 3 nitrogen and oxygen atoms in total. The summed E-state index contributed by atoms with van der Waals surface area (Å²) in [6.07, 6.45) is 0.736. The molecule has 1 aromatic heterocycles. The minimum Gasteiger partial charge on any atom is -0.493 e. The molecule has 0 bridgehead atoms. The Morgan fingerprint density at radius 3 is 2.55 bits per heavy atom. The summed E-state index contributed by atoms with van der Waals surface area (Å²) in [6.45, 7) is 6.75. The Bertz CT molecular complexity index is 608. The zero-order valence-electron chi connectivity index (χ0n) is 12.0. The van der Waals surface area contributed by atoms with Crippen molar-refractivity contribution in [1.82, 2.24) is 4.98 Å². The van der Waals surface area contributed by atoms with Gasteiger partial charge in [0.2, 0.25) is 0 Å². The molecule has 0 aliphatic heterocycles. The van der Waals surface area contributed by atoms with Crippen LogP contribution in [0.4, 0.5) is 0 Å². The van der Waals surface area contributed by atoms with E-state index in [1.165, 1.54) is 16.9 Å². The number of benzene rings is 1. The van der Waals surface area contributed by atoms with Crippen LogP contribution in [0.2, 0.25) is 0 Å². The van der Waals surface area contributed by atoms with E-state index in [4.69, 9.17) is 10.00 Å². The second-order valence-corrected chi connectivity index (χ2v) is 6.08. The molecule has 2 rings (SSSR count). The van der Waals surface area contributed by atoms with Gasteiger partial charge in [-0.1, -0.05) is 31.5 Å². The third-order valence-electron chi connectivity index (χ3n) is 2.95. The van der Waals surface area contributed by atoms with Gasteiger partial charge in [-0.25, -0.2) is 4.98 Å². The van der Waals surface area contributed by atoms with Crippen molar-refractivity contribution < 1.29 is 4.74 Å². The van der Waals surface area contributed by atoms with Gasteiger partial charge < -0.3 is 4.74 Å². The summed E-state index contributed by atoms with van der Waals surface area (Å²) in [6, 6.07) is 10.2. The lowest BCUT2D eigenvalue weighted by atomic mass is 10.1. The molecule has 0 fully saturated rings. The summed E-state index contributed by atoms with van der Waals surface area (Å²) in [5, 5.41) is 10.1. The van der Waals surface area contributed by atoms with Crippen molar-refractivity contribution in [2.75, 3.05) is 6.61 Å². The number of nitriles is 1. The number of thiazole rings is 1. The van der Waals surface area contributed by atoms with Gasteiger partial charge in [0.15, 0.2) is 0 Å². The molecule has 0 saturated heterocycles. The van der Waals surface area contributed by atoms with Crippen LogP contribution in [0.15, 0.2) is 24.3 Å². The van der Waals surface area contributed by atoms with Crippen LogP contribution in [0, 0.1) is 18.3 Å². The fourth-order valence-electron chi connectivity index (χ4n) is 1.85. The first-order valence-electron chi connectivity index (χ1n) is 6.69. The van der Waals surface area contributed by atoms with Crippen molar-refractivity contribution >= 4 is 11.3 Å². The normalized spacial score (nSPS) is 10.6. The van der Waals surface area contributed by atoms with Gasteiger partial charge in [-0.3, -0.25) is 0 Å². The number of aryl methyl sites for hydroxylation is 1. The monoisotopic (exact) mass is 286 g/mol. The van der Waals surface area contributed by atoms with E-state index in [0.717, 1.165) is 27.7 Å². The molecule has 4 heteroatoms. The maximum absolute atomic E-state index is 9.10. The minimum absolute atomic E-state index is 0.285. The van der Waals surface area contributed by atoms with Crippen LogP contribution in [0.25, 0.3) is 0 Å². The van der Waals surface area contributed by atoms with E-state index in [1.807, 2.05) is 24.3 Å². The third kappa shape index (κ3) is 3.58. The van der Waals surface area contributed by atoms with Crippen molar-refractivity contribution in [3.63, 3.8) is 0 Å². The first-order valence-corrected chi connectivity index (χ1v) is 7.51. The number of hydrogen-bond donors (Lipinski definition) is 0. The summed E-state index contributed by atoms with van der Waals surface area (Å²) in [4.78, 5) is 5.27. The number of rotatable bonds is 5. The van der Waals surface area contributed by atoms with Gasteiger partial charge in [0.1, 0.15) is 16.7 Å². The SMILES string of the molecule is Cc1ccc(OCCc2nc(C(C)C)c(C#N)s2)cc1. The molecule has 0 aliphatic carbocycles. The van der Waals surface area contributed by atoms with Crippen LogP contribution in [0.1, 0.15) is 40.9 Å². The van der Waals surface area contributed by atoms with Gasteiger partial charge >= 0.3 is 0 Å². The van der Waals surface area contributed by atoms with Crippen molar-refractivity contribution in [1.29, 1.82) is 5.26 Å². The van der Waals surface area contributed by atoms with Gasteiger partial charge in [-0.05, 0) is 25.0 Å². The number of ether oxygens (including phenoxy) is 1. The predicted octanol–water partition coefficient (Wildman–Crippen LogP) is 4.07. The first-order chi connectivity index (χ1) is 9.60. The molecule has 1 aromatic carbocycles. The zero-order valence-corrected chi connectivity index (χ0v) is 12.8. The maximum atomic E-state index is 9.10. The molecule has 0 spiro atoms. The fraction of sp³-hybridized carbons (Fsp3) is 0.375. The molecule has 0 unspecified atom stereocenters. The Kier molecular flexibility index (Phi) is 4.75. The summed E-state index contributed by atoms with van der Waals surface area (Å²) < 4.78 is 5.69.